The summed E-state index contributed by atoms with van der Waals surface area (Å²) in [7, 11) is 1.89. The highest BCUT2D eigenvalue weighted by atomic mass is 16.3. The van der Waals surface area contributed by atoms with Crippen molar-refractivity contribution in [2.75, 3.05) is 0 Å². The molecule has 0 aliphatic carbocycles. The Bertz CT molecular complexity index is 757. The normalized spacial score (nSPS) is 10.8. The first kappa shape index (κ1) is 11.5. The van der Waals surface area contributed by atoms with E-state index < -0.39 is 0 Å². The number of phenolic OH excluding ortho intramolecular Hbond substituents is 1. The molecule has 2 heterocycles. The highest BCUT2D eigenvalue weighted by Crippen LogP contribution is 2.23. The number of pyridine rings is 1. The van der Waals surface area contributed by atoms with E-state index in [9.17, 15) is 9.90 Å². The van der Waals surface area contributed by atoms with Gasteiger partial charge in [-0.05, 0) is 30.3 Å². The van der Waals surface area contributed by atoms with Gasteiger partial charge >= 0.3 is 0 Å². The largest absolute Gasteiger partial charge is 0.508 e. The Morgan fingerprint density at radius 2 is 1.95 bits per heavy atom. The lowest BCUT2D eigenvalue weighted by atomic mass is 10.0. The van der Waals surface area contributed by atoms with E-state index in [-0.39, 0.29) is 11.5 Å². The smallest absolute Gasteiger partial charge is 0.195 e. The van der Waals surface area contributed by atoms with Gasteiger partial charge in [-0.1, -0.05) is 0 Å². The van der Waals surface area contributed by atoms with Gasteiger partial charge in [0.2, 0.25) is 0 Å². The van der Waals surface area contributed by atoms with Crippen LogP contribution in [0.4, 0.5) is 0 Å². The third-order valence-electron chi connectivity index (χ3n) is 3.17. The summed E-state index contributed by atoms with van der Waals surface area (Å²) in [6, 6.07) is 8.11. The minimum Gasteiger partial charge on any atom is -0.508 e. The van der Waals surface area contributed by atoms with Crippen LogP contribution in [0.2, 0.25) is 0 Å². The Morgan fingerprint density at radius 3 is 2.68 bits per heavy atom. The predicted molar refractivity (Wildman–Crippen MR) is 72.3 cm³/mol. The highest BCUT2D eigenvalue weighted by molar-refractivity contribution is 6.16. The van der Waals surface area contributed by atoms with Crippen molar-refractivity contribution in [3.05, 3.63) is 60.0 Å². The molecule has 2 aromatic heterocycles. The van der Waals surface area contributed by atoms with Gasteiger partial charge in [-0.25, -0.2) is 0 Å². The summed E-state index contributed by atoms with van der Waals surface area (Å²) in [6.07, 6.45) is 5.22. The fourth-order valence-corrected chi connectivity index (χ4v) is 2.18. The number of rotatable bonds is 2. The van der Waals surface area contributed by atoms with Crippen LogP contribution in [0.25, 0.3) is 10.9 Å². The van der Waals surface area contributed by atoms with E-state index in [2.05, 4.69) is 4.98 Å². The van der Waals surface area contributed by atoms with Gasteiger partial charge in [0.1, 0.15) is 5.75 Å². The first-order valence-corrected chi connectivity index (χ1v) is 5.89. The summed E-state index contributed by atoms with van der Waals surface area (Å²) in [5.74, 6) is 0.0930. The Hall–Kier alpha value is -2.62. The molecule has 1 aromatic carbocycles. The molecule has 1 N–H and O–H groups in total. The van der Waals surface area contributed by atoms with E-state index in [4.69, 9.17) is 0 Å². The summed E-state index contributed by atoms with van der Waals surface area (Å²) >= 11 is 0. The van der Waals surface area contributed by atoms with Crippen molar-refractivity contribution in [1.29, 1.82) is 0 Å². The molecule has 3 aromatic rings. The number of ketones is 1. The van der Waals surface area contributed by atoms with Crippen LogP contribution < -0.4 is 0 Å². The number of aryl methyl sites for hydroxylation is 1. The van der Waals surface area contributed by atoms with Gasteiger partial charge in [-0.3, -0.25) is 9.78 Å². The summed E-state index contributed by atoms with van der Waals surface area (Å²) < 4.78 is 1.88. The van der Waals surface area contributed by atoms with Crippen LogP contribution in [0.3, 0.4) is 0 Å². The van der Waals surface area contributed by atoms with E-state index in [0.717, 1.165) is 10.9 Å². The number of carbonyl (C=O) groups is 1. The maximum atomic E-state index is 12.5. The van der Waals surface area contributed by atoms with Crippen LogP contribution in [0, 0.1) is 0 Å². The Kier molecular flexibility index (Phi) is 2.56. The number of hydrogen-bond acceptors (Lipinski definition) is 3. The fourth-order valence-electron chi connectivity index (χ4n) is 2.18. The Morgan fingerprint density at radius 1 is 1.21 bits per heavy atom. The minimum atomic E-state index is -0.0585. The van der Waals surface area contributed by atoms with Crippen molar-refractivity contribution in [2.24, 2.45) is 7.05 Å². The third-order valence-corrected chi connectivity index (χ3v) is 3.17. The second-order valence-electron chi connectivity index (χ2n) is 4.42. The molecule has 0 fully saturated rings. The lowest BCUT2D eigenvalue weighted by Gasteiger charge is -1.99. The number of hydrogen-bond donors (Lipinski definition) is 1. The molecule has 0 bridgehead atoms. The number of fused-ring (bicyclic) bond motifs is 1. The SMILES string of the molecule is Cn1cc(C(=O)c2ccc(O)cc2)c2ccncc21. The summed E-state index contributed by atoms with van der Waals surface area (Å²) in [5.41, 5.74) is 2.12. The number of aromatic nitrogens is 2. The standard InChI is InChI=1S/C15H12N2O2/c1-17-9-13(12-6-7-16-8-14(12)17)15(19)10-2-4-11(18)5-3-10/h2-9,18H,1H3. The maximum absolute atomic E-state index is 12.5. The van der Waals surface area contributed by atoms with Gasteiger partial charge in [0.25, 0.3) is 0 Å². The quantitative estimate of drug-likeness (QED) is 0.713. The van der Waals surface area contributed by atoms with Crippen molar-refractivity contribution in [1.82, 2.24) is 9.55 Å². The predicted octanol–water partition coefficient (Wildman–Crippen LogP) is 2.51. The Labute approximate surface area is 109 Å². The number of nitrogens with zero attached hydrogens (tertiary/aromatic N) is 2. The molecule has 0 amide bonds. The second kappa shape index (κ2) is 4.24. The molecule has 0 aliphatic heterocycles. The zero-order chi connectivity index (χ0) is 13.4. The molecule has 0 radical (unpaired) electrons. The fraction of sp³-hybridized carbons (Fsp3) is 0.0667. The molecule has 0 aliphatic rings. The van der Waals surface area contributed by atoms with Crippen molar-refractivity contribution < 1.29 is 9.90 Å². The zero-order valence-corrected chi connectivity index (χ0v) is 10.4. The minimum absolute atomic E-state index is 0.0585. The van der Waals surface area contributed by atoms with Crippen LogP contribution in [-0.2, 0) is 7.05 Å². The van der Waals surface area contributed by atoms with Gasteiger partial charge in [-0.15, -0.1) is 0 Å². The van der Waals surface area contributed by atoms with E-state index in [0.29, 0.717) is 11.1 Å². The average molecular weight is 252 g/mol. The van der Waals surface area contributed by atoms with Crippen LogP contribution in [0.1, 0.15) is 15.9 Å². The molecule has 4 nitrogen and oxygen atoms in total. The molecule has 4 heteroatoms. The van der Waals surface area contributed by atoms with E-state index >= 15 is 0 Å². The number of carbonyl (C=O) groups excluding carboxylic acids is 1. The van der Waals surface area contributed by atoms with Crippen molar-refractivity contribution in [3.8, 4) is 5.75 Å². The van der Waals surface area contributed by atoms with Crippen LogP contribution >= 0.6 is 0 Å². The molecule has 19 heavy (non-hydrogen) atoms. The van der Waals surface area contributed by atoms with Gasteiger partial charge in [-0.2, -0.15) is 0 Å². The molecule has 0 saturated heterocycles. The van der Waals surface area contributed by atoms with Gasteiger partial charge in [0.05, 0.1) is 11.7 Å². The lowest BCUT2D eigenvalue weighted by molar-refractivity contribution is 0.104. The molecule has 94 valence electrons. The summed E-state index contributed by atoms with van der Waals surface area (Å²) in [6.45, 7) is 0. The number of benzene rings is 1. The van der Waals surface area contributed by atoms with Gasteiger partial charge < -0.3 is 9.67 Å². The molecule has 3 rings (SSSR count). The van der Waals surface area contributed by atoms with Gasteiger partial charge in [0, 0.05) is 36.0 Å². The van der Waals surface area contributed by atoms with Crippen molar-refractivity contribution >= 4 is 16.7 Å². The molecular formula is C15H12N2O2. The lowest BCUT2D eigenvalue weighted by Crippen LogP contribution is -2.00. The summed E-state index contributed by atoms with van der Waals surface area (Å²) in [5, 5.41) is 10.1. The molecule has 0 unspecified atom stereocenters. The third kappa shape index (κ3) is 1.87. The van der Waals surface area contributed by atoms with Gasteiger partial charge in [0.15, 0.2) is 5.78 Å². The second-order valence-corrected chi connectivity index (χ2v) is 4.42. The monoisotopic (exact) mass is 252 g/mol. The molecule has 0 spiro atoms. The van der Waals surface area contributed by atoms with Crippen LogP contribution in [0.5, 0.6) is 5.75 Å². The van der Waals surface area contributed by atoms with E-state index in [1.54, 1.807) is 24.5 Å². The first-order valence-electron chi connectivity index (χ1n) is 5.89. The van der Waals surface area contributed by atoms with Crippen molar-refractivity contribution in [2.45, 2.75) is 0 Å². The van der Waals surface area contributed by atoms with E-state index in [1.807, 2.05) is 23.9 Å². The summed E-state index contributed by atoms with van der Waals surface area (Å²) in [4.78, 5) is 16.5. The Balaban J connectivity index is 2.14. The number of phenols is 1. The zero-order valence-electron chi connectivity index (χ0n) is 10.4. The average Bonchev–Trinajstić information content (AvgIpc) is 2.77. The maximum Gasteiger partial charge on any atom is 0.195 e. The molecule has 0 atom stereocenters. The van der Waals surface area contributed by atoms with Crippen LogP contribution in [-0.4, -0.2) is 20.4 Å². The topological polar surface area (TPSA) is 55.1 Å². The first-order chi connectivity index (χ1) is 9.16. The number of aromatic hydroxyl groups is 1. The van der Waals surface area contributed by atoms with Crippen LogP contribution in [0.15, 0.2) is 48.9 Å². The molecular weight excluding hydrogens is 240 g/mol. The highest BCUT2D eigenvalue weighted by Gasteiger charge is 2.15. The van der Waals surface area contributed by atoms with E-state index in [1.165, 1.54) is 12.1 Å². The molecule has 0 saturated carbocycles. The van der Waals surface area contributed by atoms with Crippen molar-refractivity contribution in [3.63, 3.8) is 0 Å².